The minimum atomic E-state index is -3.11. The van der Waals surface area contributed by atoms with Gasteiger partial charge in [-0.05, 0) is 30.7 Å². The lowest BCUT2D eigenvalue weighted by Crippen LogP contribution is -2.47. The van der Waals surface area contributed by atoms with Crippen molar-refractivity contribution < 1.29 is 42.5 Å². The Morgan fingerprint density at radius 1 is 1.11 bits per heavy atom. The number of hydrogen-bond acceptors (Lipinski definition) is 6. The van der Waals surface area contributed by atoms with E-state index in [1.165, 1.54) is 42.3 Å². The molecule has 0 fully saturated rings. The van der Waals surface area contributed by atoms with Gasteiger partial charge in [0.2, 0.25) is 0 Å². The molecule has 35 heavy (non-hydrogen) atoms. The van der Waals surface area contributed by atoms with Gasteiger partial charge in [0.05, 0.1) is 30.3 Å². The van der Waals surface area contributed by atoms with Crippen LogP contribution in [0.3, 0.4) is 0 Å². The minimum absolute atomic E-state index is 0.0221. The molecule has 1 aliphatic rings. The summed E-state index contributed by atoms with van der Waals surface area (Å²) < 4.78 is 40.8. The molecule has 0 saturated heterocycles. The number of ether oxygens (including phenoxy) is 3. The largest absolute Gasteiger partial charge is 0.478 e. The Bertz CT molecular complexity index is 1120. The summed E-state index contributed by atoms with van der Waals surface area (Å²) in [6, 6.07) is 10.1. The summed E-state index contributed by atoms with van der Waals surface area (Å²) in [5.74, 6) is -2.04. The van der Waals surface area contributed by atoms with E-state index in [4.69, 9.17) is 14.6 Å². The molecule has 2 aromatic carbocycles. The number of rotatable bonds is 10. The monoisotopic (exact) mass is 490 g/mol. The van der Waals surface area contributed by atoms with Gasteiger partial charge in [-0.2, -0.15) is 8.78 Å². The number of carbonyl (C=O) groups excluding carboxylic acids is 2. The molecular formula is C24H24F2N2O7. The standard InChI is InChI=1S/C24H24F2N2O7/c1-14-19(22(31)34-12-11-33-2)20(17-5-3-4-6-18(17)35-23(25)26)27-24(32)28(14)13-15-7-9-16(10-8-15)21(29)30/h3-10,20,23H,11-13H2,1-2H3,(H,27,32)(H,29,30). The molecule has 186 valence electrons. The van der Waals surface area contributed by atoms with Crippen molar-refractivity contribution in [3.63, 3.8) is 0 Å². The number of benzene rings is 2. The van der Waals surface area contributed by atoms with Gasteiger partial charge < -0.3 is 24.6 Å². The maximum Gasteiger partial charge on any atom is 0.387 e. The average Bonchev–Trinajstić information content (AvgIpc) is 2.81. The molecule has 2 N–H and O–H groups in total. The number of carboxylic acids is 1. The predicted molar refractivity (Wildman–Crippen MR) is 119 cm³/mol. The number of esters is 1. The van der Waals surface area contributed by atoms with Gasteiger partial charge in [-0.15, -0.1) is 0 Å². The molecule has 0 aromatic heterocycles. The van der Waals surface area contributed by atoms with Gasteiger partial charge in [0.25, 0.3) is 0 Å². The maximum absolute atomic E-state index is 13.1. The number of halogens is 2. The molecule has 0 radical (unpaired) electrons. The molecule has 2 aromatic rings. The molecule has 1 heterocycles. The SMILES string of the molecule is COCCOC(=O)C1=C(C)N(Cc2ccc(C(=O)O)cc2)C(=O)NC1c1ccccc1OC(F)F. The number of aromatic carboxylic acids is 1. The lowest BCUT2D eigenvalue weighted by Gasteiger charge is -2.36. The van der Waals surface area contributed by atoms with E-state index in [0.29, 0.717) is 5.56 Å². The zero-order chi connectivity index (χ0) is 25.5. The zero-order valence-electron chi connectivity index (χ0n) is 19.0. The van der Waals surface area contributed by atoms with E-state index >= 15 is 0 Å². The van der Waals surface area contributed by atoms with Crippen molar-refractivity contribution >= 4 is 18.0 Å². The van der Waals surface area contributed by atoms with Crippen LogP contribution in [-0.2, 0) is 20.8 Å². The van der Waals surface area contributed by atoms with Gasteiger partial charge in [0.1, 0.15) is 12.4 Å². The number of urea groups is 1. The van der Waals surface area contributed by atoms with E-state index in [0.717, 1.165) is 0 Å². The lowest BCUT2D eigenvalue weighted by molar-refractivity contribution is -0.140. The summed E-state index contributed by atoms with van der Waals surface area (Å²) in [7, 11) is 1.44. The molecule has 1 unspecified atom stereocenters. The molecule has 0 bridgehead atoms. The highest BCUT2D eigenvalue weighted by atomic mass is 19.3. The molecule has 0 spiro atoms. The van der Waals surface area contributed by atoms with E-state index < -0.39 is 30.6 Å². The van der Waals surface area contributed by atoms with E-state index in [-0.39, 0.29) is 47.9 Å². The third kappa shape index (κ3) is 6.12. The fourth-order valence-electron chi connectivity index (χ4n) is 3.62. The van der Waals surface area contributed by atoms with Crippen LogP contribution in [-0.4, -0.2) is 54.9 Å². The summed E-state index contributed by atoms with van der Waals surface area (Å²) in [6.45, 7) is -1.46. The third-order valence-electron chi connectivity index (χ3n) is 5.32. The lowest BCUT2D eigenvalue weighted by atomic mass is 9.94. The van der Waals surface area contributed by atoms with E-state index in [1.54, 1.807) is 25.1 Å². The Hall–Kier alpha value is -3.99. The number of alkyl halides is 2. The second kappa shape index (κ2) is 11.4. The molecule has 1 aliphatic heterocycles. The Balaban J connectivity index is 2.01. The van der Waals surface area contributed by atoms with Gasteiger partial charge >= 0.3 is 24.6 Å². The second-order valence-electron chi connectivity index (χ2n) is 7.51. The van der Waals surface area contributed by atoms with Crippen LogP contribution in [0.25, 0.3) is 0 Å². The molecule has 0 saturated carbocycles. The van der Waals surface area contributed by atoms with Crippen molar-refractivity contribution in [1.29, 1.82) is 0 Å². The first-order valence-corrected chi connectivity index (χ1v) is 10.5. The molecule has 0 aliphatic carbocycles. The first-order valence-electron chi connectivity index (χ1n) is 10.5. The van der Waals surface area contributed by atoms with Crippen molar-refractivity contribution in [3.05, 3.63) is 76.5 Å². The Morgan fingerprint density at radius 2 is 1.80 bits per heavy atom. The summed E-state index contributed by atoms with van der Waals surface area (Å²) in [6.07, 6.45) is 0. The van der Waals surface area contributed by atoms with E-state index in [2.05, 4.69) is 10.1 Å². The number of nitrogens with one attached hydrogen (secondary N) is 1. The summed E-state index contributed by atoms with van der Waals surface area (Å²) in [5, 5.41) is 11.8. The number of allylic oxidation sites excluding steroid dienone is 1. The number of methoxy groups -OCH3 is 1. The number of carboxylic acid groups (broad SMARTS) is 1. The second-order valence-corrected chi connectivity index (χ2v) is 7.51. The van der Waals surface area contributed by atoms with Crippen LogP contribution < -0.4 is 10.1 Å². The number of nitrogens with zero attached hydrogens (tertiary/aromatic N) is 1. The van der Waals surface area contributed by atoms with Crippen molar-refractivity contribution in [1.82, 2.24) is 10.2 Å². The molecule has 9 nitrogen and oxygen atoms in total. The van der Waals surface area contributed by atoms with Crippen molar-refractivity contribution in [2.45, 2.75) is 26.1 Å². The average molecular weight is 490 g/mol. The molecular weight excluding hydrogens is 466 g/mol. The Kier molecular flexibility index (Phi) is 8.37. The maximum atomic E-state index is 13.1. The first kappa shape index (κ1) is 25.6. The Labute approximate surface area is 199 Å². The smallest absolute Gasteiger partial charge is 0.387 e. The molecule has 11 heteroatoms. The van der Waals surface area contributed by atoms with Crippen LogP contribution in [0.4, 0.5) is 13.6 Å². The van der Waals surface area contributed by atoms with Crippen LogP contribution in [0.2, 0.25) is 0 Å². The highest BCUT2D eigenvalue weighted by molar-refractivity contribution is 5.95. The minimum Gasteiger partial charge on any atom is -0.478 e. The fraction of sp³-hybridized carbons (Fsp3) is 0.292. The topological polar surface area (TPSA) is 114 Å². The van der Waals surface area contributed by atoms with Gasteiger partial charge in [-0.3, -0.25) is 4.90 Å². The third-order valence-corrected chi connectivity index (χ3v) is 5.32. The molecule has 3 rings (SSSR count). The number of para-hydroxylation sites is 1. The van der Waals surface area contributed by atoms with Crippen molar-refractivity contribution in [3.8, 4) is 5.75 Å². The summed E-state index contributed by atoms with van der Waals surface area (Å²) in [4.78, 5) is 38.5. The zero-order valence-corrected chi connectivity index (χ0v) is 19.0. The van der Waals surface area contributed by atoms with Gasteiger partial charge in [0.15, 0.2) is 0 Å². The van der Waals surface area contributed by atoms with Crippen LogP contribution in [0, 0.1) is 0 Å². The summed E-state index contributed by atoms with van der Waals surface area (Å²) in [5.41, 5.74) is 1.13. The number of amides is 2. The predicted octanol–water partition coefficient (Wildman–Crippen LogP) is 3.72. The fourth-order valence-corrected chi connectivity index (χ4v) is 3.62. The van der Waals surface area contributed by atoms with E-state index in [1.807, 2.05) is 0 Å². The van der Waals surface area contributed by atoms with Crippen LogP contribution in [0.15, 0.2) is 59.8 Å². The van der Waals surface area contributed by atoms with Crippen LogP contribution >= 0.6 is 0 Å². The van der Waals surface area contributed by atoms with E-state index in [9.17, 15) is 23.2 Å². The quantitative estimate of drug-likeness (QED) is 0.385. The van der Waals surface area contributed by atoms with Crippen molar-refractivity contribution in [2.24, 2.45) is 0 Å². The summed E-state index contributed by atoms with van der Waals surface area (Å²) >= 11 is 0. The first-order chi connectivity index (χ1) is 16.7. The van der Waals surface area contributed by atoms with Crippen LogP contribution in [0.1, 0.15) is 34.5 Å². The molecule has 2 amide bonds. The highest BCUT2D eigenvalue weighted by Gasteiger charge is 2.38. The highest BCUT2D eigenvalue weighted by Crippen LogP contribution is 2.37. The van der Waals surface area contributed by atoms with Crippen molar-refractivity contribution in [2.75, 3.05) is 20.3 Å². The van der Waals surface area contributed by atoms with Crippen LogP contribution in [0.5, 0.6) is 5.75 Å². The number of hydrogen-bond donors (Lipinski definition) is 2. The Morgan fingerprint density at radius 3 is 2.43 bits per heavy atom. The normalized spacial score (nSPS) is 15.7. The van der Waals surface area contributed by atoms with Gasteiger partial charge in [-0.1, -0.05) is 30.3 Å². The van der Waals surface area contributed by atoms with Gasteiger partial charge in [-0.25, -0.2) is 14.4 Å². The van der Waals surface area contributed by atoms with Gasteiger partial charge in [0, 0.05) is 18.4 Å². The molecule has 1 atom stereocenters. The number of carbonyl (C=O) groups is 3.